The fourth-order valence-electron chi connectivity index (χ4n) is 4.93. The van der Waals surface area contributed by atoms with Gasteiger partial charge in [-0.1, -0.05) is 33.6 Å². The molecule has 0 saturated carbocycles. The molecule has 10 heteroatoms. The van der Waals surface area contributed by atoms with Gasteiger partial charge in [-0.25, -0.2) is 4.79 Å². The topological polar surface area (TPSA) is 137 Å². The molecule has 1 heterocycles. The third-order valence-corrected chi connectivity index (χ3v) is 6.70. The van der Waals surface area contributed by atoms with Crippen LogP contribution in [0.5, 0.6) is 0 Å². The van der Waals surface area contributed by atoms with Crippen molar-refractivity contribution in [2.75, 3.05) is 20.1 Å². The van der Waals surface area contributed by atoms with Crippen LogP contribution in [0.25, 0.3) is 0 Å². The molecule has 0 radical (unpaired) electrons. The number of rotatable bonds is 14. The van der Waals surface area contributed by atoms with Gasteiger partial charge in [-0.3, -0.25) is 19.2 Å². The Morgan fingerprint density at radius 1 is 1.08 bits per heavy atom. The van der Waals surface area contributed by atoms with E-state index in [9.17, 15) is 24.0 Å². The molecule has 1 fully saturated rings. The zero-order chi connectivity index (χ0) is 27.3. The summed E-state index contributed by atoms with van der Waals surface area (Å²) < 4.78 is 0. The normalized spacial score (nSPS) is 16.9. The molecule has 0 aliphatic carbocycles. The second-order valence-electron chi connectivity index (χ2n) is 9.53. The summed E-state index contributed by atoms with van der Waals surface area (Å²) in [5.41, 5.74) is -0.500. The third-order valence-electron chi connectivity index (χ3n) is 6.70. The molecule has 1 aliphatic rings. The molecule has 3 unspecified atom stereocenters. The Kier molecular flexibility index (Phi) is 13.0. The van der Waals surface area contributed by atoms with Gasteiger partial charge in [-0.2, -0.15) is 0 Å². The SMILES string of the molecule is C#CCCC(NC(=O)C1CCCN1C(=O)C(NC(=O)NC)C(C)(CCC)CCC)C(=O)C(=O)NCC. The average molecular weight is 506 g/mol. The number of likely N-dealkylation sites (N-methyl/N-ethyl adjacent to an activating group) is 1. The number of ketones is 1. The van der Waals surface area contributed by atoms with Gasteiger partial charge in [0.2, 0.25) is 17.6 Å². The molecule has 10 nitrogen and oxygen atoms in total. The monoisotopic (exact) mass is 505 g/mol. The number of amides is 5. The number of urea groups is 1. The van der Waals surface area contributed by atoms with Crippen LogP contribution in [0, 0.1) is 17.8 Å². The Hall–Kier alpha value is -3.09. The number of Topliss-reactive ketones (excluding diaryl/α,β-unsaturated/α-hetero) is 1. The predicted octanol–water partition coefficient (Wildman–Crippen LogP) is 1.48. The lowest BCUT2D eigenvalue weighted by atomic mass is 9.74. The van der Waals surface area contributed by atoms with Crippen LogP contribution >= 0.6 is 0 Å². The minimum atomic E-state index is -1.08. The fourth-order valence-corrected chi connectivity index (χ4v) is 4.93. The van der Waals surface area contributed by atoms with Crippen LogP contribution in [0.1, 0.15) is 79.1 Å². The number of likely N-dealkylation sites (tertiary alicyclic amines) is 1. The van der Waals surface area contributed by atoms with Crippen LogP contribution in [-0.2, 0) is 19.2 Å². The summed E-state index contributed by atoms with van der Waals surface area (Å²) in [6.07, 6.45) is 9.78. The van der Waals surface area contributed by atoms with E-state index in [1.165, 1.54) is 11.9 Å². The summed E-state index contributed by atoms with van der Waals surface area (Å²) >= 11 is 0. The molecule has 0 spiro atoms. The van der Waals surface area contributed by atoms with Crippen molar-refractivity contribution in [3.8, 4) is 12.3 Å². The van der Waals surface area contributed by atoms with Crippen LogP contribution < -0.4 is 21.3 Å². The van der Waals surface area contributed by atoms with Crippen LogP contribution in [0.3, 0.4) is 0 Å². The van der Waals surface area contributed by atoms with Gasteiger partial charge in [0.15, 0.2) is 0 Å². The fraction of sp³-hybridized carbons (Fsp3) is 0.731. The molecule has 202 valence electrons. The Balaban J connectivity index is 3.20. The summed E-state index contributed by atoms with van der Waals surface area (Å²) in [4.78, 5) is 65.6. The molecule has 1 rings (SSSR count). The molecule has 0 aromatic rings. The van der Waals surface area contributed by atoms with Crippen molar-refractivity contribution in [1.82, 2.24) is 26.2 Å². The Morgan fingerprint density at radius 2 is 1.72 bits per heavy atom. The van der Waals surface area contributed by atoms with Gasteiger partial charge in [0, 0.05) is 26.6 Å². The summed E-state index contributed by atoms with van der Waals surface area (Å²) in [6.45, 7) is 8.38. The van der Waals surface area contributed by atoms with Gasteiger partial charge in [0.1, 0.15) is 12.1 Å². The van der Waals surface area contributed by atoms with Crippen LogP contribution in [0.4, 0.5) is 4.79 Å². The lowest BCUT2D eigenvalue weighted by molar-refractivity contribution is -0.144. The number of hydrogen-bond donors (Lipinski definition) is 4. The molecular weight excluding hydrogens is 462 g/mol. The largest absolute Gasteiger partial charge is 0.350 e. The van der Waals surface area contributed by atoms with Crippen molar-refractivity contribution in [1.29, 1.82) is 0 Å². The molecule has 0 aromatic carbocycles. The number of nitrogens with zero attached hydrogens (tertiary/aromatic N) is 1. The van der Waals surface area contributed by atoms with Crippen molar-refractivity contribution in [3.63, 3.8) is 0 Å². The van der Waals surface area contributed by atoms with E-state index in [1.54, 1.807) is 6.92 Å². The van der Waals surface area contributed by atoms with Crippen molar-refractivity contribution < 1.29 is 24.0 Å². The number of terminal acetylenes is 1. The number of carbonyl (C=O) groups excluding carboxylic acids is 5. The van der Waals surface area contributed by atoms with Gasteiger partial charge in [0.25, 0.3) is 5.91 Å². The molecule has 4 N–H and O–H groups in total. The molecular formula is C26H43N5O5. The van der Waals surface area contributed by atoms with E-state index < -0.39 is 47.2 Å². The Morgan fingerprint density at radius 3 is 2.25 bits per heavy atom. The minimum absolute atomic E-state index is 0.116. The van der Waals surface area contributed by atoms with Gasteiger partial charge in [-0.15, -0.1) is 12.3 Å². The maximum atomic E-state index is 13.8. The maximum Gasteiger partial charge on any atom is 0.315 e. The summed E-state index contributed by atoms with van der Waals surface area (Å²) in [7, 11) is 1.49. The molecule has 36 heavy (non-hydrogen) atoms. The highest BCUT2D eigenvalue weighted by molar-refractivity contribution is 6.38. The first kappa shape index (κ1) is 30.9. The number of hydrogen-bond acceptors (Lipinski definition) is 5. The van der Waals surface area contributed by atoms with Gasteiger partial charge < -0.3 is 26.2 Å². The standard InChI is InChI=1S/C26H43N5O5/c1-7-11-13-18(20(32)23(34)28-10-4)29-22(33)19-14-12-17-31(19)24(35)21(30-25(36)27-6)26(5,15-8-2)16-9-3/h1,18-19,21H,8-17H2,2-6H3,(H,28,34)(H,29,33)(H2,27,30,36). The highest BCUT2D eigenvalue weighted by atomic mass is 16.2. The van der Waals surface area contributed by atoms with E-state index in [1.807, 2.05) is 20.8 Å². The van der Waals surface area contributed by atoms with E-state index in [2.05, 4.69) is 27.2 Å². The van der Waals surface area contributed by atoms with Crippen LogP contribution in [0.15, 0.2) is 0 Å². The Bertz CT molecular complexity index is 831. The summed E-state index contributed by atoms with van der Waals surface area (Å²) in [5.74, 6) is 0.0387. The molecule has 5 amide bonds. The minimum Gasteiger partial charge on any atom is -0.350 e. The van der Waals surface area contributed by atoms with Gasteiger partial charge in [0.05, 0.1) is 6.04 Å². The molecule has 1 aliphatic heterocycles. The van der Waals surface area contributed by atoms with E-state index in [0.29, 0.717) is 19.4 Å². The maximum absolute atomic E-state index is 13.8. The Labute approximate surface area is 215 Å². The summed E-state index contributed by atoms with van der Waals surface area (Å²) in [6, 6.07) is -3.17. The van der Waals surface area contributed by atoms with Gasteiger partial charge in [-0.05, 0) is 44.4 Å². The van der Waals surface area contributed by atoms with Crippen molar-refractivity contribution in [2.45, 2.75) is 97.2 Å². The predicted molar refractivity (Wildman–Crippen MR) is 138 cm³/mol. The quantitative estimate of drug-likeness (QED) is 0.209. The molecule has 0 bridgehead atoms. The average Bonchev–Trinajstić information content (AvgIpc) is 3.34. The van der Waals surface area contributed by atoms with E-state index in [0.717, 1.165) is 25.7 Å². The third kappa shape index (κ3) is 8.25. The van der Waals surface area contributed by atoms with Crippen molar-refractivity contribution >= 4 is 29.5 Å². The lowest BCUT2D eigenvalue weighted by Crippen LogP contribution is -2.60. The first-order valence-electron chi connectivity index (χ1n) is 12.9. The highest BCUT2D eigenvalue weighted by Crippen LogP contribution is 2.35. The first-order valence-corrected chi connectivity index (χ1v) is 12.9. The van der Waals surface area contributed by atoms with E-state index in [-0.39, 0.29) is 25.3 Å². The van der Waals surface area contributed by atoms with E-state index in [4.69, 9.17) is 6.42 Å². The zero-order valence-corrected chi connectivity index (χ0v) is 22.4. The van der Waals surface area contributed by atoms with Gasteiger partial charge >= 0.3 is 6.03 Å². The van der Waals surface area contributed by atoms with Crippen LogP contribution in [0.2, 0.25) is 0 Å². The molecule has 0 aromatic heterocycles. The molecule has 3 atom stereocenters. The number of nitrogens with one attached hydrogen (secondary N) is 4. The molecule has 1 saturated heterocycles. The van der Waals surface area contributed by atoms with Crippen molar-refractivity contribution in [3.05, 3.63) is 0 Å². The van der Waals surface area contributed by atoms with Crippen molar-refractivity contribution in [2.24, 2.45) is 5.41 Å². The lowest BCUT2D eigenvalue weighted by Gasteiger charge is -2.40. The smallest absolute Gasteiger partial charge is 0.315 e. The second-order valence-corrected chi connectivity index (χ2v) is 9.53. The summed E-state index contributed by atoms with van der Waals surface area (Å²) in [5, 5.41) is 10.5. The van der Waals surface area contributed by atoms with Crippen LogP contribution in [-0.4, -0.2) is 72.7 Å². The second kappa shape index (κ2) is 15.1. The zero-order valence-electron chi connectivity index (χ0n) is 22.4. The number of carbonyl (C=O) groups is 5. The van der Waals surface area contributed by atoms with E-state index >= 15 is 0 Å². The first-order chi connectivity index (χ1) is 17.1. The highest BCUT2D eigenvalue weighted by Gasteiger charge is 2.45.